The van der Waals surface area contributed by atoms with E-state index in [4.69, 9.17) is 21.1 Å². The van der Waals surface area contributed by atoms with Gasteiger partial charge in [0.05, 0.1) is 31.1 Å². The lowest BCUT2D eigenvalue weighted by atomic mass is 9.78. The fourth-order valence-electron chi connectivity index (χ4n) is 4.97. The Kier molecular flexibility index (Phi) is 6.20. The molecule has 0 radical (unpaired) electrons. The molecular formula is C28H27ClN2O3. The van der Waals surface area contributed by atoms with Gasteiger partial charge in [0.1, 0.15) is 0 Å². The molecule has 6 heteroatoms. The van der Waals surface area contributed by atoms with Gasteiger partial charge in [-0.05, 0) is 49.1 Å². The van der Waals surface area contributed by atoms with Crippen LogP contribution in [0.5, 0.6) is 11.5 Å². The van der Waals surface area contributed by atoms with Crippen LogP contribution >= 0.6 is 11.6 Å². The normalized spacial score (nSPS) is 19.3. The number of fused-ring (bicyclic) bond motifs is 1. The Bertz CT molecular complexity index is 1270. The van der Waals surface area contributed by atoms with Crippen molar-refractivity contribution in [3.8, 4) is 11.5 Å². The molecule has 34 heavy (non-hydrogen) atoms. The zero-order valence-electron chi connectivity index (χ0n) is 19.2. The van der Waals surface area contributed by atoms with Crippen LogP contribution in [-0.4, -0.2) is 19.5 Å². The largest absolute Gasteiger partial charge is 0.493 e. The number of Topliss-reactive ketones (excluding diaryl/α,β-unsaturated/α-hetero) is 1. The zero-order chi connectivity index (χ0) is 23.7. The molecule has 2 N–H and O–H groups in total. The van der Waals surface area contributed by atoms with Crippen LogP contribution in [0.4, 0.5) is 11.4 Å². The Hall–Kier alpha value is -3.44. The van der Waals surface area contributed by atoms with Crippen LogP contribution in [0.25, 0.3) is 0 Å². The van der Waals surface area contributed by atoms with Crippen LogP contribution in [0.3, 0.4) is 0 Å². The van der Waals surface area contributed by atoms with Crippen molar-refractivity contribution in [2.75, 3.05) is 24.4 Å². The van der Waals surface area contributed by atoms with E-state index in [1.165, 1.54) is 0 Å². The van der Waals surface area contributed by atoms with Gasteiger partial charge in [0.2, 0.25) is 0 Å². The number of methoxy groups -OCH3 is 1. The number of carbonyl (C=O) groups is 1. The van der Waals surface area contributed by atoms with Crippen molar-refractivity contribution < 1.29 is 14.3 Å². The van der Waals surface area contributed by atoms with Crippen molar-refractivity contribution in [3.63, 3.8) is 0 Å². The summed E-state index contributed by atoms with van der Waals surface area (Å²) in [6.07, 6.45) is 1.08. The van der Waals surface area contributed by atoms with Gasteiger partial charge < -0.3 is 20.1 Å². The van der Waals surface area contributed by atoms with E-state index in [1.54, 1.807) is 7.11 Å². The first-order valence-corrected chi connectivity index (χ1v) is 11.9. The number of benzene rings is 3. The van der Waals surface area contributed by atoms with E-state index in [0.29, 0.717) is 36.0 Å². The summed E-state index contributed by atoms with van der Waals surface area (Å²) in [7, 11) is 1.63. The average molecular weight is 475 g/mol. The lowest BCUT2D eigenvalue weighted by Gasteiger charge is -2.31. The lowest BCUT2D eigenvalue weighted by molar-refractivity contribution is -0.116. The van der Waals surface area contributed by atoms with Crippen molar-refractivity contribution in [3.05, 3.63) is 94.1 Å². The molecule has 2 aliphatic rings. The van der Waals surface area contributed by atoms with Gasteiger partial charge in [0.25, 0.3) is 0 Å². The average Bonchev–Trinajstić information content (AvgIpc) is 3.01. The highest BCUT2D eigenvalue weighted by atomic mass is 35.5. The molecule has 1 aliphatic heterocycles. The zero-order valence-corrected chi connectivity index (χ0v) is 20.0. The molecule has 2 unspecified atom stereocenters. The molecule has 1 aliphatic carbocycles. The maximum absolute atomic E-state index is 13.8. The lowest BCUT2D eigenvalue weighted by Crippen LogP contribution is -2.27. The Labute approximate surface area is 204 Å². The van der Waals surface area contributed by atoms with Gasteiger partial charge in [0, 0.05) is 28.3 Å². The summed E-state index contributed by atoms with van der Waals surface area (Å²) in [5.41, 5.74) is 5.38. The number of hydrogen-bond acceptors (Lipinski definition) is 5. The first-order chi connectivity index (χ1) is 16.6. The standard InChI is InChI=1S/C28H27ClN2O3/c1-3-34-28-19(10-8-14-25(28)33-2)27-26-23(30-21-12-6-7-13-22(21)31-27)15-17(16-24(26)32)18-9-4-5-11-20(18)29/h4-14,17,27,30-31H,3,15-16H2,1-2H3. The van der Waals surface area contributed by atoms with Crippen LogP contribution in [-0.2, 0) is 4.79 Å². The van der Waals surface area contributed by atoms with Gasteiger partial charge in [-0.2, -0.15) is 0 Å². The van der Waals surface area contributed by atoms with E-state index >= 15 is 0 Å². The van der Waals surface area contributed by atoms with Crippen LogP contribution in [0, 0.1) is 0 Å². The molecule has 1 heterocycles. The molecule has 174 valence electrons. The summed E-state index contributed by atoms with van der Waals surface area (Å²) < 4.78 is 11.6. The van der Waals surface area contributed by atoms with Crippen molar-refractivity contribution in [2.45, 2.75) is 31.7 Å². The molecule has 3 aromatic carbocycles. The number of allylic oxidation sites excluding steroid dienone is 1. The molecule has 0 saturated carbocycles. The van der Waals surface area contributed by atoms with Crippen LogP contribution < -0.4 is 20.1 Å². The topological polar surface area (TPSA) is 59.6 Å². The van der Waals surface area contributed by atoms with Gasteiger partial charge in [-0.15, -0.1) is 0 Å². The summed E-state index contributed by atoms with van der Waals surface area (Å²) >= 11 is 6.52. The molecule has 2 atom stereocenters. The van der Waals surface area contributed by atoms with E-state index in [-0.39, 0.29) is 17.7 Å². The number of para-hydroxylation sites is 3. The smallest absolute Gasteiger partial charge is 0.166 e. The molecule has 0 amide bonds. The molecule has 0 aromatic heterocycles. The number of carbonyl (C=O) groups excluding carboxylic acids is 1. The van der Waals surface area contributed by atoms with Crippen molar-refractivity contribution in [2.24, 2.45) is 0 Å². The minimum absolute atomic E-state index is 0.00929. The predicted molar refractivity (Wildman–Crippen MR) is 136 cm³/mol. The molecule has 0 fully saturated rings. The SMILES string of the molecule is CCOc1c(OC)cccc1C1Nc2ccccc2NC2=C1C(=O)CC(c1ccccc1Cl)C2. The summed E-state index contributed by atoms with van der Waals surface area (Å²) in [6, 6.07) is 21.2. The third-order valence-electron chi connectivity index (χ3n) is 6.48. The second-order valence-electron chi connectivity index (χ2n) is 8.50. The number of rotatable bonds is 5. The first kappa shape index (κ1) is 22.4. The quantitative estimate of drug-likeness (QED) is 0.429. The van der Waals surface area contributed by atoms with E-state index in [0.717, 1.165) is 33.8 Å². The molecule has 0 spiro atoms. The Morgan fingerprint density at radius 1 is 0.941 bits per heavy atom. The fraction of sp³-hybridized carbons (Fsp3) is 0.250. The van der Waals surface area contributed by atoms with Crippen molar-refractivity contribution >= 4 is 28.8 Å². The minimum Gasteiger partial charge on any atom is -0.493 e. The number of ketones is 1. The maximum Gasteiger partial charge on any atom is 0.166 e. The first-order valence-electron chi connectivity index (χ1n) is 11.5. The van der Waals surface area contributed by atoms with Gasteiger partial charge in [0.15, 0.2) is 17.3 Å². The number of hydrogen-bond donors (Lipinski definition) is 2. The highest BCUT2D eigenvalue weighted by Gasteiger charge is 2.38. The third kappa shape index (κ3) is 4.01. The van der Waals surface area contributed by atoms with Crippen LogP contribution in [0.2, 0.25) is 5.02 Å². The maximum atomic E-state index is 13.8. The van der Waals surface area contributed by atoms with Gasteiger partial charge in [-0.25, -0.2) is 0 Å². The number of ether oxygens (including phenoxy) is 2. The number of anilines is 2. The summed E-state index contributed by atoms with van der Waals surface area (Å²) in [4.78, 5) is 13.8. The third-order valence-corrected chi connectivity index (χ3v) is 6.83. The van der Waals surface area contributed by atoms with E-state index < -0.39 is 0 Å². The Morgan fingerprint density at radius 3 is 2.44 bits per heavy atom. The molecule has 3 aromatic rings. The van der Waals surface area contributed by atoms with Crippen molar-refractivity contribution in [1.29, 1.82) is 0 Å². The van der Waals surface area contributed by atoms with Gasteiger partial charge in [-0.1, -0.05) is 54.1 Å². The second kappa shape index (κ2) is 9.43. The monoisotopic (exact) mass is 474 g/mol. The van der Waals surface area contributed by atoms with Crippen molar-refractivity contribution in [1.82, 2.24) is 0 Å². The Morgan fingerprint density at radius 2 is 1.68 bits per heavy atom. The fourth-order valence-corrected chi connectivity index (χ4v) is 5.26. The van der Waals surface area contributed by atoms with Crippen LogP contribution in [0.1, 0.15) is 42.9 Å². The van der Waals surface area contributed by atoms with E-state index in [1.807, 2.05) is 73.7 Å². The molecule has 0 saturated heterocycles. The molecule has 5 nitrogen and oxygen atoms in total. The highest BCUT2D eigenvalue weighted by molar-refractivity contribution is 6.31. The predicted octanol–water partition coefficient (Wildman–Crippen LogP) is 6.73. The second-order valence-corrected chi connectivity index (χ2v) is 8.91. The highest BCUT2D eigenvalue weighted by Crippen LogP contribution is 2.47. The number of nitrogens with one attached hydrogen (secondary N) is 2. The summed E-state index contributed by atoms with van der Waals surface area (Å²) in [6.45, 7) is 2.43. The van der Waals surface area contributed by atoms with E-state index in [2.05, 4.69) is 10.6 Å². The number of halogens is 1. The minimum atomic E-state index is -0.387. The molecule has 5 rings (SSSR count). The van der Waals surface area contributed by atoms with Gasteiger partial charge >= 0.3 is 0 Å². The molecule has 0 bridgehead atoms. The Balaban J connectivity index is 1.66. The van der Waals surface area contributed by atoms with E-state index in [9.17, 15) is 4.79 Å². The molecular weight excluding hydrogens is 448 g/mol. The van der Waals surface area contributed by atoms with Crippen LogP contribution in [0.15, 0.2) is 78.0 Å². The summed E-state index contributed by atoms with van der Waals surface area (Å²) in [5.74, 6) is 1.40. The summed E-state index contributed by atoms with van der Waals surface area (Å²) in [5, 5.41) is 7.88. The van der Waals surface area contributed by atoms with Gasteiger partial charge in [-0.3, -0.25) is 4.79 Å².